The predicted molar refractivity (Wildman–Crippen MR) is 41.7 cm³/mol. The molecule has 2 nitrogen and oxygen atoms in total. The fraction of sp³-hybridized carbons (Fsp3) is 0.429. The topological polar surface area (TPSA) is 25.8 Å². The van der Waals surface area contributed by atoms with E-state index in [1.165, 1.54) is 18.4 Å². The summed E-state index contributed by atoms with van der Waals surface area (Å²) in [5, 5.41) is 7.58. The zero-order valence-corrected chi connectivity index (χ0v) is 7.00. The van der Waals surface area contributed by atoms with Crippen molar-refractivity contribution in [3.8, 4) is 0 Å². The maximum atomic E-state index is 3.83. The van der Waals surface area contributed by atoms with Gasteiger partial charge in [0.2, 0.25) is 0 Å². The molecule has 1 aliphatic rings. The molecule has 0 amide bonds. The predicted octanol–water partition coefficient (Wildman–Crippen LogP) is 2.12. The second kappa shape index (κ2) is 2.31. The van der Waals surface area contributed by atoms with Crippen LogP contribution >= 0.6 is 15.9 Å². The molecule has 0 spiro atoms. The Morgan fingerprint density at radius 1 is 1.30 bits per heavy atom. The highest BCUT2D eigenvalue weighted by Crippen LogP contribution is 2.42. The van der Waals surface area contributed by atoms with E-state index < -0.39 is 0 Å². The molecule has 0 saturated heterocycles. The van der Waals surface area contributed by atoms with E-state index in [2.05, 4.69) is 26.1 Å². The van der Waals surface area contributed by atoms with Crippen molar-refractivity contribution in [1.29, 1.82) is 0 Å². The maximum absolute atomic E-state index is 3.83. The average Bonchev–Trinajstić information content (AvgIpc) is 2.71. The van der Waals surface area contributed by atoms with Crippen molar-refractivity contribution >= 4 is 15.9 Å². The van der Waals surface area contributed by atoms with Crippen molar-refractivity contribution in [2.75, 3.05) is 0 Å². The van der Waals surface area contributed by atoms with Gasteiger partial charge in [0.15, 0.2) is 0 Å². The molecular formula is C7H7BrN2. The van der Waals surface area contributed by atoms with Crippen LogP contribution in [0.1, 0.15) is 24.3 Å². The first-order chi connectivity index (χ1) is 4.88. The molecule has 0 N–H and O–H groups in total. The number of halogens is 1. The Hall–Kier alpha value is -0.440. The quantitative estimate of drug-likeness (QED) is 0.692. The molecule has 1 aromatic heterocycles. The summed E-state index contributed by atoms with van der Waals surface area (Å²) >= 11 is 3.43. The van der Waals surface area contributed by atoms with Gasteiger partial charge in [-0.3, -0.25) is 0 Å². The van der Waals surface area contributed by atoms with E-state index in [4.69, 9.17) is 0 Å². The molecule has 0 aromatic carbocycles. The highest BCUT2D eigenvalue weighted by atomic mass is 79.9. The fourth-order valence-electron chi connectivity index (χ4n) is 1.01. The molecule has 0 aliphatic heterocycles. The molecule has 0 bridgehead atoms. The summed E-state index contributed by atoms with van der Waals surface area (Å²) in [4.78, 5) is 0. The smallest absolute Gasteiger partial charge is 0.0641 e. The van der Waals surface area contributed by atoms with E-state index >= 15 is 0 Å². The Balaban J connectivity index is 2.39. The lowest BCUT2D eigenvalue weighted by Crippen LogP contribution is -1.86. The normalized spacial score (nSPS) is 17.3. The largest absolute Gasteiger partial charge is 0.159 e. The van der Waals surface area contributed by atoms with Crippen molar-refractivity contribution in [1.82, 2.24) is 10.2 Å². The minimum absolute atomic E-state index is 0.755. The Labute approximate surface area is 67.8 Å². The molecule has 52 valence electrons. The van der Waals surface area contributed by atoms with Gasteiger partial charge in [-0.1, -0.05) is 0 Å². The minimum Gasteiger partial charge on any atom is -0.159 e. The lowest BCUT2D eigenvalue weighted by atomic mass is 10.2. The fourth-order valence-corrected chi connectivity index (χ4v) is 1.53. The molecule has 0 atom stereocenters. The van der Waals surface area contributed by atoms with Gasteiger partial charge in [-0.25, -0.2) is 0 Å². The molecule has 1 aromatic rings. The SMILES string of the molecule is Brc1cnncc1C1CC1. The van der Waals surface area contributed by atoms with Crippen LogP contribution in [-0.2, 0) is 0 Å². The molecule has 0 unspecified atom stereocenters. The van der Waals surface area contributed by atoms with Gasteiger partial charge in [0.25, 0.3) is 0 Å². The number of hydrogen-bond acceptors (Lipinski definition) is 2. The van der Waals surface area contributed by atoms with Gasteiger partial charge in [-0.2, -0.15) is 10.2 Å². The van der Waals surface area contributed by atoms with Gasteiger partial charge in [-0.05, 0) is 40.3 Å². The molecule has 1 aliphatic carbocycles. The first kappa shape index (κ1) is 6.28. The van der Waals surface area contributed by atoms with E-state index in [-0.39, 0.29) is 0 Å². The van der Waals surface area contributed by atoms with Crippen LogP contribution in [-0.4, -0.2) is 10.2 Å². The third-order valence-electron chi connectivity index (χ3n) is 1.73. The lowest BCUT2D eigenvalue weighted by molar-refractivity contribution is 0.966. The van der Waals surface area contributed by atoms with Gasteiger partial charge in [0.1, 0.15) is 0 Å². The van der Waals surface area contributed by atoms with Crippen LogP contribution < -0.4 is 0 Å². The van der Waals surface area contributed by atoms with Crippen LogP contribution in [0.25, 0.3) is 0 Å². The summed E-state index contributed by atoms with van der Waals surface area (Å²) in [6.07, 6.45) is 6.23. The van der Waals surface area contributed by atoms with E-state index in [0.717, 1.165) is 10.4 Å². The molecule has 1 heterocycles. The molecule has 1 fully saturated rings. The molecule has 10 heavy (non-hydrogen) atoms. The highest BCUT2D eigenvalue weighted by molar-refractivity contribution is 9.10. The number of hydrogen-bond donors (Lipinski definition) is 0. The van der Waals surface area contributed by atoms with Crippen molar-refractivity contribution in [2.45, 2.75) is 18.8 Å². The second-order valence-electron chi connectivity index (χ2n) is 2.57. The molecular weight excluding hydrogens is 192 g/mol. The molecule has 1 saturated carbocycles. The van der Waals surface area contributed by atoms with Crippen LogP contribution in [0.15, 0.2) is 16.9 Å². The highest BCUT2D eigenvalue weighted by Gasteiger charge is 2.25. The first-order valence-electron chi connectivity index (χ1n) is 3.34. The number of rotatable bonds is 1. The zero-order valence-electron chi connectivity index (χ0n) is 5.42. The summed E-state index contributed by atoms with van der Waals surface area (Å²) < 4.78 is 1.10. The minimum atomic E-state index is 0.755. The third kappa shape index (κ3) is 1.06. The Morgan fingerprint density at radius 2 is 2.00 bits per heavy atom. The zero-order chi connectivity index (χ0) is 6.97. The molecule has 0 radical (unpaired) electrons. The third-order valence-corrected chi connectivity index (χ3v) is 2.39. The summed E-state index contributed by atoms with van der Waals surface area (Å²) in [7, 11) is 0. The van der Waals surface area contributed by atoms with E-state index in [0.29, 0.717) is 0 Å². The summed E-state index contributed by atoms with van der Waals surface area (Å²) in [6.45, 7) is 0. The van der Waals surface area contributed by atoms with Crippen molar-refractivity contribution in [2.24, 2.45) is 0 Å². The van der Waals surface area contributed by atoms with Crippen molar-refractivity contribution in [3.05, 3.63) is 22.4 Å². The van der Waals surface area contributed by atoms with Crippen LogP contribution in [0.5, 0.6) is 0 Å². The average molecular weight is 199 g/mol. The number of nitrogens with zero attached hydrogens (tertiary/aromatic N) is 2. The van der Waals surface area contributed by atoms with Crippen LogP contribution in [0.2, 0.25) is 0 Å². The lowest BCUT2D eigenvalue weighted by Gasteiger charge is -1.96. The van der Waals surface area contributed by atoms with Gasteiger partial charge in [0.05, 0.1) is 12.4 Å². The van der Waals surface area contributed by atoms with Crippen molar-refractivity contribution in [3.63, 3.8) is 0 Å². The standard InChI is InChI=1S/C7H7BrN2/c8-7-4-10-9-3-6(7)5-1-2-5/h3-5H,1-2H2. The molecule has 2 rings (SSSR count). The van der Waals surface area contributed by atoms with Gasteiger partial charge in [0, 0.05) is 4.47 Å². The Morgan fingerprint density at radius 3 is 2.60 bits per heavy atom. The second-order valence-corrected chi connectivity index (χ2v) is 3.42. The summed E-state index contributed by atoms with van der Waals surface area (Å²) in [5.74, 6) is 0.755. The Bertz CT molecular complexity index is 245. The van der Waals surface area contributed by atoms with Crippen LogP contribution in [0.4, 0.5) is 0 Å². The summed E-state index contributed by atoms with van der Waals surface area (Å²) in [5.41, 5.74) is 1.31. The first-order valence-corrected chi connectivity index (χ1v) is 4.13. The van der Waals surface area contributed by atoms with Gasteiger partial charge < -0.3 is 0 Å². The number of aromatic nitrogens is 2. The van der Waals surface area contributed by atoms with Crippen LogP contribution in [0, 0.1) is 0 Å². The Kier molecular flexibility index (Phi) is 1.45. The van der Waals surface area contributed by atoms with E-state index in [1.54, 1.807) is 6.20 Å². The van der Waals surface area contributed by atoms with Crippen molar-refractivity contribution < 1.29 is 0 Å². The summed E-state index contributed by atoms with van der Waals surface area (Å²) in [6, 6.07) is 0. The van der Waals surface area contributed by atoms with Crippen LogP contribution in [0.3, 0.4) is 0 Å². The van der Waals surface area contributed by atoms with E-state index in [1.807, 2.05) is 6.20 Å². The molecule has 3 heteroatoms. The van der Waals surface area contributed by atoms with Gasteiger partial charge >= 0.3 is 0 Å². The monoisotopic (exact) mass is 198 g/mol. The van der Waals surface area contributed by atoms with Gasteiger partial charge in [-0.15, -0.1) is 0 Å². The maximum Gasteiger partial charge on any atom is 0.0641 e. The van der Waals surface area contributed by atoms with E-state index in [9.17, 15) is 0 Å².